The zero-order valence-corrected chi connectivity index (χ0v) is 14.0. The van der Waals surface area contributed by atoms with Gasteiger partial charge in [0.25, 0.3) is 0 Å². The molecule has 0 aromatic heterocycles. The van der Waals surface area contributed by atoms with E-state index in [0.717, 1.165) is 45.6 Å². The molecule has 1 aliphatic heterocycles. The van der Waals surface area contributed by atoms with Crippen LogP contribution in [0.2, 0.25) is 0 Å². The smallest absolute Gasteiger partial charge is 0.0897 e. The van der Waals surface area contributed by atoms with Gasteiger partial charge in [0, 0.05) is 26.4 Å². The Morgan fingerprint density at radius 2 is 2.00 bits per heavy atom. The Morgan fingerprint density at radius 3 is 2.67 bits per heavy atom. The average molecular weight is 301 g/mol. The van der Waals surface area contributed by atoms with Gasteiger partial charge in [0.05, 0.1) is 12.7 Å². The van der Waals surface area contributed by atoms with Crippen molar-refractivity contribution in [1.82, 2.24) is 5.32 Å². The molecule has 1 rings (SSSR count). The third-order valence-electron chi connectivity index (χ3n) is 4.36. The fraction of sp³-hybridized carbons (Fsp3) is 1.00. The second-order valence-corrected chi connectivity index (χ2v) is 6.32. The summed E-state index contributed by atoms with van der Waals surface area (Å²) >= 11 is 0. The van der Waals surface area contributed by atoms with E-state index in [1.807, 2.05) is 0 Å². The van der Waals surface area contributed by atoms with Crippen molar-refractivity contribution in [2.75, 3.05) is 39.5 Å². The quantitative estimate of drug-likeness (QED) is 0.582. The zero-order chi connectivity index (χ0) is 15.3. The molecular formula is C17H35NO3. The first kappa shape index (κ1) is 18.9. The van der Waals surface area contributed by atoms with E-state index >= 15 is 0 Å². The number of aliphatic hydroxyl groups is 1. The number of unbranched alkanes of at least 4 members (excludes halogenated alkanes) is 1. The highest BCUT2D eigenvalue weighted by atomic mass is 16.5. The molecule has 0 amide bonds. The molecule has 0 bridgehead atoms. The Kier molecular flexibility index (Phi) is 11.1. The third kappa shape index (κ3) is 9.46. The number of aliphatic hydroxyl groups excluding tert-OH is 1. The molecule has 0 radical (unpaired) electrons. The fourth-order valence-corrected chi connectivity index (χ4v) is 2.73. The van der Waals surface area contributed by atoms with Gasteiger partial charge in [-0.3, -0.25) is 0 Å². The SMILES string of the molecule is CCCCC(CC)COCC(O)CNCC1CCOCC1. The van der Waals surface area contributed by atoms with Crippen LogP contribution in [0.5, 0.6) is 0 Å². The number of nitrogens with one attached hydrogen (secondary N) is 1. The lowest BCUT2D eigenvalue weighted by atomic mass is 10.0. The van der Waals surface area contributed by atoms with E-state index < -0.39 is 6.10 Å². The van der Waals surface area contributed by atoms with Crippen molar-refractivity contribution in [1.29, 1.82) is 0 Å². The minimum atomic E-state index is -0.395. The molecule has 1 saturated heterocycles. The van der Waals surface area contributed by atoms with Crippen molar-refractivity contribution >= 4 is 0 Å². The summed E-state index contributed by atoms with van der Waals surface area (Å²) in [6.07, 6.45) is 6.80. The molecule has 0 spiro atoms. The molecule has 1 fully saturated rings. The van der Waals surface area contributed by atoms with Crippen LogP contribution in [0.15, 0.2) is 0 Å². The normalized spacial score (nSPS) is 19.6. The van der Waals surface area contributed by atoms with E-state index in [1.54, 1.807) is 0 Å². The van der Waals surface area contributed by atoms with Crippen LogP contribution in [-0.4, -0.2) is 50.7 Å². The standard InChI is InChI=1S/C17H35NO3/c1-3-5-6-15(4-2)13-21-14-17(19)12-18-11-16-7-9-20-10-8-16/h15-19H,3-14H2,1-2H3. The number of hydrogen-bond acceptors (Lipinski definition) is 4. The molecule has 4 heteroatoms. The van der Waals surface area contributed by atoms with Crippen LogP contribution in [0, 0.1) is 11.8 Å². The average Bonchev–Trinajstić information content (AvgIpc) is 2.51. The van der Waals surface area contributed by atoms with Crippen molar-refractivity contribution in [2.45, 2.75) is 58.5 Å². The van der Waals surface area contributed by atoms with Gasteiger partial charge in [-0.1, -0.05) is 33.1 Å². The molecular weight excluding hydrogens is 266 g/mol. The van der Waals surface area contributed by atoms with Crippen LogP contribution in [-0.2, 0) is 9.47 Å². The van der Waals surface area contributed by atoms with Crippen LogP contribution in [0.25, 0.3) is 0 Å². The Hall–Kier alpha value is -0.160. The molecule has 0 aliphatic carbocycles. The van der Waals surface area contributed by atoms with Crippen LogP contribution in [0.1, 0.15) is 52.4 Å². The highest BCUT2D eigenvalue weighted by molar-refractivity contribution is 4.68. The topological polar surface area (TPSA) is 50.7 Å². The minimum absolute atomic E-state index is 0.395. The monoisotopic (exact) mass is 301 g/mol. The summed E-state index contributed by atoms with van der Waals surface area (Å²) in [5.41, 5.74) is 0. The minimum Gasteiger partial charge on any atom is -0.389 e. The predicted octanol–water partition coefficient (Wildman–Crippen LogP) is 2.60. The van der Waals surface area contributed by atoms with Crippen molar-refractivity contribution in [3.63, 3.8) is 0 Å². The first-order valence-corrected chi connectivity index (χ1v) is 8.80. The first-order chi connectivity index (χ1) is 10.3. The second-order valence-electron chi connectivity index (χ2n) is 6.32. The highest BCUT2D eigenvalue weighted by Crippen LogP contribution is 2.14. The Bertz CT molecular complexity index is 232. The number of ether oxygens (including phenoxy) is 2. The Morgan fingerprint density at radius 1 is 1.24 bits per heavy atom. The van der Waals surface area contributed by atoms with Gasteiger partial charge in [-0.15, -0.1) is 0 Å². The van der Waals surface area contributed by atoms with E-state index in [0.29, 0.717) is 25.0 Å². The lowest BCUT2D eigenvalue weighted by molar-refractivity contribution is 0.0177. The van der Waals surface area contributed by atoms with Gasteiger partial charge < -0.3 is 19.9 Å². The van der Waals surface area contributed by atoms with Crippen molar-refractivity contribution in [2.24, 2.45) is 11.8 Å². The van der Waals surface area contributed by atoms with Crippen molar-refractivity contribution in [3.8, 4) is 0 Å². The van der Waals surface area contributed by atoms with Crippen LogP contribution < -0.4 is 5.32 Å². The zero-order valence-electron chi connectivity index (χ0n) is 14.0. The molecule has 0 aromatic carbocycles. The summed E-state index contributed by atoms with van der Waals surface area (Å²) in [5.74, 6) is 1.35. The lowest BCUT2D eigenvalue weighted by Gasteiger charge is -2.23. The summed E-state index contributed by atoms with van der Waals surface area (Å²) in [4.78, 5) is 0. The predicted molar refractivity (Wildman–Crippen MR) is 86.5 cm³/mol. The van der Waals surface area contributed by atoms with Gasteiger partial charge in [0.1, 0.15) is 0 Å². The molecule has 2 N–H and O–H groups in total. The molecule has 4 nitrogen and oxygen atoms in total. The van der Waals surface area contributed by atoms with Crippen molar-refractivity contribution < 1.29 is 14.6 Å². The largest absolute Gasteiger partial charge is 0.389 e. The van der Waals surface area contributed by atoms with Gasteiger partial charge >= 0.3 is 0 Å². The summed E-state index contributed by atoms with van der Waals surface area (Å²) in [6.45, 7) is 9.05. The fourth-order valence-electron chi connectivity index (χ4n) is 2.73. The summed E-state index contributed by atoms with van der Waals surface area (Å²) < 4.78 is 11.0. The maximum absolute atomic E-state index is 9.93. The first-order valence-electron chi connectivity index (χ1n) is 8.80. The molecule has 2 unspecified atom stereocenters. The molecule has 126 valence electrons. The Balaban J connectivity index is 1.98. The lowest BCUT2D eigenvalue weighted by Crippen LogP contribution is -2.35. The van der Waals surface area contributed by atoms with Gasteiger partial charge in [-0.05, 0) is 37.6 Å². The highest BCUT2D eigenvalue weighted by Gasteiger charge is 2.14. The van der Waals surface area contributed by atoms with Gasteiger partial charge in [-0.2, -0.15) is 0 Å². The molecule has 1 aliphatic rings. The molecule has 21 heavy (non-hydrogen) atoms. The Labute approximate surface area is 130 Å². The third-order valence-corrected chi connectivity index (χ3v) is 4.36. The molecule has 0 saturated carbocycles. The summed E-state index contributed by atoms with van der Waals surface area (Å²) in [6, 6.07) is 0. The maximum atomic E-state index is 9.93. The van der Waals surface area contributed by atoms with Crippen molar-refractivity contribution in [3.05, 3.63) is 0 Å². The number of hydrogen-bond donors (Lipinski definition) is 2. The second kappa shape index (κ2) is 12.4. The van der Waals surface area contributed by atoms with Crippen LogP contribution >= 0.6 is 0 Å². The van der Waals surface area contributed by atoms with Crippen LogP contribution in [0.4, 0.5) is 0 Å². The van der Waals surface area contributed by atoms with Gasteiger partial charge in [-0.25, -0.2) is 0 Å². The maximum Gasteiger partial charge on any atom is 0.0897 e. The molecule has 0 aromatic rings. The molecule has 2 atom stereocenters. The van der Waals surface area contributed by atoms with Crippen LogP contribution in [0.3, 0.4) is 0 Å². The van der Waals surface area contributed by atoms with E-state index in [4.69, 9.17) is 9.47 Å². The van der Waals surface area contributed by atoms with Gasteiger partial charge in [0.2, 0.25) is 0 Å². The summed E-state index contributed by atoms with van der Waals surface area (Å²) in [7, 11) is 0. The van der Waals surface area contributed by atoms with E-state index in [1.165, 1.54) is 19.3 Å². The van der Waals surface area contributed by atoms with Gasteiger partial charge in [0.15, 0.2) is 0 Å². The van der Waals surface area contributed by atoms with E-state index in [9.17, 15) is 5.11 Å². The molecule has 1 heterocycles. The summed E-state index contributed by atoms with van der Waals surface area (Å²) in [5, 5.41) is 13.3. The van der Waals surface area contributed by atoms with E-state index in [-0.39, 0.29) is 0 Å². The van der Waals surface area contributed by atoms with E-state index in [2.05, 4.69) is 19.2 Å². The number of rotatable bonds is 12.